The molecule has 1 atom stereocenters. The first-order chi connectivity index (χ1) is 7.27. The lowest BCUT2D eigenvalue weighted by atomic mass is 10.1. The summed E-state index contributed by atoms with van der Waals surface area (Å²) in [5.41, 5.74) is 0.852. The molecule has 78 valence electrons. The molecule has 1 rings (SSSR count). The average molecular weight is 268 g/mol. The van der Waals surface area contributed by atoms with Crippen molar-refractivity contribution < 1.29 is 9.90 Å². The fourth-order valence-corrected chi connectivity index (χ4v) is 1.34. The fraction of sp³-hybridized carbons (Fsp3) is 0.182. The van der Waals surface area contributed by atoms with Crippen LogP contribution in [0.25, 0.3) is 0 Å². The topological polar surface area (TPSA) is 49.3 Å². The van der Waals surface area contributed by atoms with Gasteiger partial charge in [0.1, 0.15) is 0 Å². The maximum atomic E-state index is 11.2. The number of rotatable bonds is 3. The molecule has 0 bridgehead atoms. The Morgan fingerprint density at radius 2 is 2.13 bits per heavy atom. The Morgan fingerprint density at radius 3 is 2.67 bits per heavy atom. The van der Waals surface area contributed by atoms with Crippen LogP contribution in [0.4, 0.5) is 0 Å². The molecular weight excluding hydrogens is 258 g/mol. The van der Waals surface area contributed by atoms with Crippen molar-refractivity contribution >= 4 is 21.8 Å². The van der Waals surface area contributed by atoms with Crippen LogP contribution in [0, 0.1) is 10.8 Å². The Bertz CT molecular complexity index is 381. The predicted molar refractivity (Wildman–Crippen MR) is 61.1 cm³/mol. The number of halogens is 1. The molecule has 1 aromatic carbocycles. The Kier molecular flexibility index (Phi) is 4.88. The van der Waals surface area contributed by atoms with Gasteiger partial charge in [0.2, 0.25) is 0 Å². The van der Waals surface area contributed by atoms with E-state index in [0.717, 1.165) is 5.56 Å². The second kappa shape index (κ2) is 6.23. The number of amides is 1. The van der Waals surface area contributed by atoms with E-state index in [0.29, 0.717) is 0 Å². The lowest BCUT2D eigenvalue weighted by Gasteiger charge is -2.14. The van der Waals surface area contributed by atoms with Crippen LogP contribution < -0.4 is 5.32 Å². The molecule has 0 aliphatic heterocycles. The van der Waals surface area contributed by atoms with Gasteiger partial charge in [0.05, 0.1) is 12.6 Å². The first-order valence-electron chi connectivity index (χ1n) is 4.36. The highest BCUT2D eigenvalue weighted by molar-refractivity contribution is 9.12. The molecule has 0 saturated heterocycles. The van der Waals surface area contributed by atoms with Crippen LogP contribution in [0.2, 0.25) is 0 Å². The molecule has 0 unspecified atom stereocenters. The van der Waals surface area contributed by atoms with Gasteiger partial charge in [-0.05, 0) is 10.4 Å². The van der Waals surface area contributed by atoms with Crippen molar-refractivity contribution in [1.82, 2.24) is 5.32 Å². The molecule has 0 aromatic heterocycles. The van der Waals surface area contributed by atoms with E-state index in [1.165, 1.54) is 0 Å². The fourth-order valence-electron chi connectivity index (χ4n) is 1.16. The molecule has 3 nitrogen and oxygen atoms in total. The van der Waals surface area contributed by atoms with Crippen LogP contribution in [-0.4, -0.2) is 17.6 Å². The van der Waals surface area contributed by atoms with Crippen molar-refractivity contribution in [3.05, 3.63) is 35.9 Å². The van der Waals surface area contributed by atoms with Gasteiger partial charge in [0, 0.05) is 21.9 Å². The van der Waals surface area contributed by atoms with Crippen LogP contribution in [0.1, 0.15) is 11.6 Å². The van der Waals surface area contributed by atoms with Gasteiger partial charge in [-0.25, -0.2) is 0 Å². The van der Waals surface area contributed by atoms with Crippen molar-refractivity contribution in [3.8, 4) is 10.8 Å². The largest absolute Gasteiger partial charge is 0.394 e. The smallest absolute Gasteiger partial charge is 0.297 e. The molecule has 4 heteroatoms. The molecular formula is C11H10BrNO2. The number of carbonyl (C=O) groups is 1. The predicted octanol–water partition coefficient (Wildman–Crippen LogP) is 1.19. The summed E-state index contributed by atoms with van der Waals surface area (Å²) in [6.07, 6.45) is 0. The third kappa shape index (κ3) is 3.74. The zero-order valence-electron chi connectivity index (χ0n) is 7.90. The highest BCUT2D eigenvalue weighted by Crippen LogP contribution is 2.10. The van der Waals surface area contributed by atoms with Gasteiger partial charge in [0.15, 0.2) is 0 Å². The third-order valence-corrected chi connectivity index (χ3v) is 2.05. The Labute approximate surface area is 96.6 Å². The van der Waals surface area contributed by atoms with E-state index in [-0.39, 0.29) is 6.61 Å². The van der Waals surface area contributed by atoms with Crippen LogP contribution in [0.5, 0.6) is 0 Å². The number of aliphatic hydroxyl groups excluding tert-OH is 1. The highest BCUT2D eigenvalue weighted by atomic mass is 79.9. The number of carbonyl (C=O) groups excluding carboxylic acids is 1. The van der Waals surface area contributed by atoms with Crippen molar-refractivity contribution in [2.75, 3.05) is 6.61 Å². The quantitative estimate of drug-likeness (QED) is 0.809. The van der Waals surface area contributed by atoms with Crippen LogP contribution >= 0.6 is 15.9 Å². The van der Waals surface area contributed by atoms with Gasteiger partial charge < -0.3 is 10.4 Å². The first-order valence-corrected chi connectivity index (χ1v) is 5.15. The van der Waals surface area contributed by atoms with E-state index in [9.17, 15) is 4.79 Å². The van der Waals surface area contributed by atoms with Crippen molar-refractivity contribution in [1.29, 1.82) is 0 Å². The van der Waals surface area contributed by atoms with Gasteiger partial charge in [-0.1, -0.05) is 30.3 Å². The highest BCUT2D eigenvalue weighted by Gasteiger charge is 2.11. The standard InChI is InChI=1S/C11H10BrNO2/c12-7-6-11(15)13-10(8-14)9-4-2-1-3-5-9/h1-5,10,14H,8H2,(H,13,15)/t10-/m0/s1. The number of benzene rings is 1. The van der Waals surface area contributed by atoms with E-state index in [4.69, 9.17) is 5.11 Å². The minimum Gasteiger partial charge on any atom is -0.394 e. The summed E-state index contributed by atoms with van der Waals surface area (Å²) in [5, 5.41) is 11.7. The van der Waals surface area contributed by atoms with Gasteiger partial charge in [-0.15, -0.1) is 0 Å². The Balaban J connectivity index is 2.72. The van der Waals surface area contributed by atoms with Crippen LogP contribution in [0.3, 0.4) is 0 Å². The van der Waals surface area contributed by atoms with Gasteiger partial charge in [-0.2, -0.15) is 0 Å². The van der Waals surface area contributed by atoms with E-state index >= 15 is 0 Å². The summed E-state index contributed by atoms with van der Waals surface area (Å²) in [6.45, 7) is -0.153. The summed E-state index contributed by atoms with van der Waals surface area (Å²) in [5.74, 6) is 1.86. The van der Waals surface area contributed by atoms with Crippen molar-refractivity contribution in [3.63, 3.8) is 0 Å². The van der Waals surface area contributed by atoms with Crippen LogP contribution in [0.15, 0.2) is 30.3 Å². The first kappa shape index (κ1) is 11.8. The number of hydrogen-bond acceptors (Lipinski definition) is 2. The summed E-state index contributed by atoms with van der Waals surface area (Å²) >= 11 is 2.83. The summed E-state index contributed by atoms with van der Waals surface area (Å²) in [7, 11) is 0. The number of nitrogens with one attached hydrogen (secondary N) is 1. The molecule has 0 saturated carbocycles. The summed E-state index contributed by atoms with van der Waals surface area (Å²) in [4.78, 5) is 13.5. The molecule has 0 aliphatic rings. The monoisotopic (exact) mass is 267 g/mol. The van der Waals surface area contributed by atoms with Crippen molar-refractivity contribution in [2.45, 2.75) is 6.04 Å². The minimum absolute atomic E-state index is 0.153. The maximum Gasteiger partial charge on any atom is 0.297 e. The van der Waals surface area contributed by atoms with E-state index in [1.807, 2.05) is 30.3 Å². The summed E-state index contributed by atoms with van der Waals surface area (Å²) in [6, 6.07) is 8.83. The molecule has 1 aromatic rings. The zero-order chi connectivity index (χ0) is 11.1. The second-order valence-corrected chi connectivity index (χ2v) is 3.24. The molecule has 0 heterocycles. The molecule has 0 aliphatic carbocycles. The van der Waals surface area contributed by atoms with E-state index < -0.39 is 11.9 Å². The van der Waals surface area contributed by atoms with Crippen LogP contribution in [-0.2, 0) is 4.79 Å². The van der Waals surface area contributed by atoms with E-state index in [2.05, 4.69) is 32.0 Å². The molecule has 2 N–H and O–H groups in total. The molecule has 0 radical (unpaired) electrons. The van der Waals surface area contributed by atoms with Gasteiger partial charge in [-0.3, -0.25) is 4.79 Å². The SMILES string of the molecule is O=C(C#CBr)N[C@@H](CO)c1ccccc1. The minimum atomic E-state index is -0.422. The molecule has 15 heavy (non-hydrogen) atoms. The third-order valence-electron chi connectivity index (χ3n) is 1.85. The molecule has 0 fully saturated rings. The molecule has 1 amide bonds. The summed E-state index contributed by atoms with van der Waals surface area (Å²) < 4.78 is 0. The van der Waals surface area contributed by atoms with E-state index in [1.54, 1.807) is 0 Å². The number of aliphatic hydroxyl groups is 1. The van der Waals surface area contributed by atoms with Gasteiger partial charge in [0.25, 0.3) is 5.91 Å². The Morgan fingerprint density at radius 1 is 1.47 bits per heavy atom. The second-order valence-electron chi connectivity index (χ2n) is 2.84. The maximum absolute atomic E-state index is 11.2. The normalized spacial score (nSPS) is 11.1. The van der Waals surface area contributed by atoms with Gasteiger partial charge >= 0.3 is 0 Å². The lowest BCUT2D eigenvalue weighted by molar-refractivity contribution is -0.116. The number of hydrogen-bond donors (Lipinski definition) is 2. The molecule has 0 spiro atoms. The Hall–Kier alpha value is -1.31. The lowest BCUT2D eigenvalue weighted by Crippen LogP contribution is -2.29. The average Bonchev–Trinajstić information content (AvgIpc) is 2.27. The van der Waals surface area contributed by atoms with Crippen molar-refractivity contribution in [2.24, 2.45) is 0 Å². The zero-order valence-corrected chi connectivity index (χ0v) is 9.49.